The van der Waals surface area contributed by atoms with E-state index in [1.54, 1.807) is 12.0 Å². The molecule has 0 aliphatic heterocycles. The van der Waals surface area contributed by atoms with Gasteiger partial charge in [-0.05, 0) is 61.9 Å². The topological polar surface area (TPSA) is 67.9 Å². The highest BCUT2D eigenvalue weighted by atomic mass is 16.5. The average molecular weight is 469 g/mol. The standard InChI is InChI=1S/C28H40N2O4/c1-9-23(26(32)29-28(5,6)7)30(18-20-13-12-14-21(17-20)33-8)25(31)19-34-24-16-11-10-15-22(24)27(2,3)4/h10-17,23H,9,18-19H2,1-8H3,(H,29,32)/t23-/m1/s1. The Morgan fingerprint density at radius 3 is 2.26 bits per heavy atom. The molecule has 0 saturated carbocycles. The average Bonchev–Trinajstić information content (AvgIpc) is 2.75. The van der Waals surface area contributed by atoms with Gasteiger partial charge in [-0.25, -0.2) is 0 Å². The number of carbonyl (C=O) groups excluding carboxylic acids is 2. The van der Waals surface area contributed by atoms with Gasteiger partial charge >= 0.3 is 0 Å². The van der Waals surface area contributed by atoms with Crippen LogP contribution < -0.4 is 14.8 Å². The number of methoxy groups -OCH3 is 1. The highest BCUT2D eigenvalue weighted by Gasteiger charge is 2.31. The number of benzene rings is 2. The molecule has 34 heavy (non-hydrogen) atoms. The lowest BCUT2D eigenvalue weighted by molar-refractivity contribution is -0.143. The number of amides is 2. The number of nitrogens with one attached hydrogen (secondary N) is 1. The van der Waals surface area contributed by atoms with Gasteiger partial charge in [0.15, 0.2) is 6.61 Å². The maximum absolute atomic E-state index is 13.5. The molecule has 2 aromatic carbocycles. The van der Waals surface area contributed by atoms with Gasteiger partial charge in [-0.2, -0.15) is 0 Å². The number of hydrogen-bond donors (Lipinski definition) is 1. The molecular formula is C28H40N2O4. The first-order valence-electron chi connectivity index (χ1n) is 11.8. The van der Waals surface area contributed by atoms with Crippen molar-refractivity contribution in [1.29, 1.82) is 0 Å². The highest BCUT2D eigenvalue weighted by molar-refractivity contribution is 5.88. The fourth-order valence-electron chi connectivity index (χ4n) is 3.77. The molecule has 0 aliphatic carbocycles. The minimum atomic E-state index is -0.626. The Balaban J connectivity index is 2.32. The first-order valence-corrected chi connectivity index (χ1v) is 11.8. The van der Waals surface area contributed by atoms with Gasteiger partial charge in [0.1, 0.15) is 17.5 Å². The fraction of sp³-hybridized carbons (Fsp3) is 0.500. The van der Waals surface area contributed by atoms with E-state index in [0.29, 0.717) is 17.9 Å². The van der Waals surface area contributed by atoms with Crippen molar-refractivity contribution < 1.29 is 19.1 Å². The van der Waals surface area contributed by atoms with Gasteiger partial charge in [0.25, 0.3) is 5.91 Å². The maximum Gasteiger partial charge on any atom is 0.261 e. The summed E-state index contributed by atoms with van der Waals surface area (Å²) in [6.45, 7) is 14.1. The van der Waals surface area contributed by atoms with Crippen molar-refractivity contribution in [2.24, 2.45) is 0 Å². The molecule has 0 bridgehead atoms. The van der Waals surface area contributed by atoms with Gasteiger partial charge in [-0.1, -0.05) is 58.0 Å². The minimum absolute atomic E-state index is 0.127. The summed E-state index contributed by atoms with van der Waals surface area (Å²) in [7, 11) is 1.61. The largest absolute Gasteiger partial charge is 0.497 e. The Morgan fingerprint density at radius 2 is 1.68 bits per heavy atom. The lowest BCUT2D eigenvalue weighted by Gasteiger charge is -2.33. The first kappa shape index (κ1) is 27.2. The molecule has 6 nitrogen and oxygen atoms in total. The van der Waals surface area contributed by atoms with Crippen molar-refractivity contribution in [2.45, 2.75) is 78.4 Å². The summed E-state index contributed by atoms with van der Waals surface area (Å²) < 4.78 is 11.4. The first-order chi connectivity index (χ1) is 15.9. The van der Waals surface area contributed by atoms with E-state index in [0.717, 1.165) is 11.1 Å². The number of hydrogen-bond acceptors (Lipinski definition) is 4. The van der Waals surface area contributed by atoms with Crippen LogP contribution in [0.3, 0.4) is 0 Å². The van der Waals surface area contributed by atoms with Crippen LogP contribution in [-0.2, 0) is 21.5 Å². The van der Waals surface area contributed by atoms with Crippen molar-refractivity contribution in [3.8, 4) is 11.5 Å². The summed E-state index contributed by atoms with van der Waals surface area (Å²) in [4.78, 5) is 28.2. The highest BCUT2D eigenvalue weighted by Crippen LogP contribution is 2.31. The minimum Gasteiger partial charge on any atom is -0.497 e. The smallest absolute Gasteiger partial charge is 0.261 e. The lowest BCUT2D eigenvalue weighted by atomic mass is 9.86. The second kappa shape index (κ2) is 11.4. The third-order valence-corrected chi connectivity index (χ3v) is 5.42. The Labute approximate surface area is 204 Å². The van der Waals surface area contributed by atoms with Gasteiger partial charge in [0.05, 0.1) is 7.11 Å². The molecule has 0 heterocycles. The lowest BCUT2D eigenvalue weighted by Crippen LogP contribution is -2.54. The summed E-state index contributed by atoms with van der Waals surface area (Å²) >= 11 is 0. The third-order valence-electron chi connectivity index (χ3n) is 5.42. The molecule has 1 atom stereocenters. The molecule has 0 spiro atoms. The van der Waals surface area contributed by atoms with E-state index in [9.17, 15) is 9.59 Å². The van der Waals surface area contributed by atoms with E-state index in [-0.39, 0.29) is 30.4 Å². The predicted molar refractivity (Wildman–Crippen MR) is 136 cm³/mol. The third kappa shape index (κ3) is 7.79. The molecule has 0 aliphatic rings. The van der Waals surface area contributed by atoms with E-state index in [1.807, 2.05) is 76.2 Å². The van der Waals surface area contributed by atoms with Crippen molar-refractivity contribution in [1.82, 2.24) is 10.2 Å². The predicted octanol–water partition coefficient (Wildman–Crippen LogP) is 5.09. The molecule has 186 valence electrons. The molecule has 6 heteroatoms. The van der Waals surface area contributed by atoms with Gasteiger partial charge in [0, 0.05) is 12.1 Å². The quantitative estimate of drug-likeness (QED) is 0.556. The molecule has 2 aromatic rings. The van der Waals surface area contributed by atoms with E-state index in [1.165, 1.54) is 0 Å². The molecule has 2 amide bonds. The molecule has 0 aromatic heterocycles. The summed E-state index contributed by atoms with van der Waals surface area (Å²) in [5, 5.41) is 3.02. The number of carbonyl (C=O) groups is 2. The number of nitrogens with zero attached hydrogens (tertiary/aromatic N) is 1. The monoisotopic (exact) mass is 468 g/mol. The van der Waals surface area contributed by atoms with Gasteiger partial charge < -0.3 is 19.7 Å². The van der Waals surface area contributed by atoms with Crippen LogP contribution >= 0.6 is 0 Å². The zero-order valence-corrected chi connectivity index (χ0v) is 21.9. The summed E-state index contributed by atoms with van der Waals surface area (Å²) in [6.07, 6.45) is 0.482. The van der Waals surface area contributed by atoms with Gasteiger partial charge in [0.2, 0.25) is 5.91 Å². The van der Waals surface area contributed by atoms with Crippen LogP contribution in [0.25, 0.3) is 0 Å². The Bertz CT molecular complexity index is 973. The Kier molecular flexibility index (Phi) is 9.14. The van der Waals surface area contributed by atoms with Gasteiger partial charge in [-0.15, -0.1) is 0 Å². The Morgan fingerprint density at radius 1 is 1.00 bits per heavy atom. The van der Waals surface area contributed by atoms with Crippen molar-refractivity contribution in [3.05, 3.63) is 59.7 Å². The van der Waals surface area contributed by atoms with Crippen LogP contribution in [0, 0.1) is 0 Å². The summed E-state index contributed by atoms with van der Waals surface area (Å²) in [6, 6.07) is 14.7. The summed E-state index contributed by atoms with van der Waals surface area (Å²) in [5.74, 6) is 0.952. The fourth-order valence-corrected chi connectivity index (χ4v) is 3.77. The molecule has 2 rings (SSSR count). The second-order valence-corrected chi connectivity index (χ2v) is 10.6. The molecule has 1 N–H and O–H groups in total. The van der Waals surface area contributed by atoms with E-state index < -0.39 is 11.6 Å². The molecule has 0 unspecified atom stereocenters. The van der Waals surface area contributed by atoms with Crippen LogP contribution in [0.5, 0.6) is 11.5 Å². The molecule has 0 radical (unpaired) electrons. The molecule has 0 saturated heterocycles. The van der Waals surface area contributed by atoms with Crippen molar-refractivity contribution >= 4 is 11.8 Å². The summed E-state index contributed by atoms with van der Waals surface area (Å²) in [5.41, 5.74) is 1.37. The number of ether oxygens (including phenoxy) is 2. The molecule has 0 fully saturated rings. The van der Waals surface area contributed by atoms with Crippen LogP contribution in [0.1, 0.15) is 66.0 Å². The zero-order valence-electron chi connectivity index (χ0n) is 21.9. The normalized spacial score (nSPS) is 12.6. The van der Waals surface area contributed by atoms with E-state index in [2.05, 4.69) is 26.1 Å². The second-order valence-electron chi connectivity index (χ2n) is 10.6. The molecular weight excluding hydrogens is 428 g/mol. The van der Waals surface area contributed by atoms with Crippen molar-refractivity contribution in [2.75, 3.05) is 13.7 Å². The van der Waals surface area contributed by atoms with Crippen LogP contribution in [0.4, 0.5) is 0 Å². The zero-order chi connectivity index (χ0) is 25.5. The van der Waals surface area contributed by atoms with Crippen molar-refractivity contribution in [3.63, 3.8) is 0 Å². The van der Waals surface area contributed by atoms with Gasteiger partial charge in [-0.3, -0.25) is 9.59 Å². The van der Waals surface area contributed by atoms with Crippen LogP contribution in [-0.4, -0.2) is 42.0 Å². The van der Waals surface area contributed by atoms with Crippen LogP contribution in [0.15, 0.2) is 48.5 Å². The number of rotatable bonds is 9. The van der Waals surface area contributed by atoms with E-state index >= 15 is 0 Å². The maximum atomic E-state index is 13.5. The van der Waals surface area contributed by atoms with E-state index in [4.69, 9.17) is 9.47 Å². The number of para-hydroxylation sites is 1. The Hall–Kier alpha value is -3.02. The van der Waals surface area contributed by atoms with Crippen LogP contribution in [0.2, 0.25) is 0 Å². The SMILES string of the molecule is CC[C@H](C(=O)NC(C)(C)C)N(Cc1cccc(OC)c1)C(=O)COc1ccccc1C(C)(C)C.